The molecule has 0 fully saturated rings. The van der Waals surface area contributed by atoms with Gasteiger partial charge in [-0.2, -0.15) is 0 Å². The zero-order valence-corrected chi connectivity index (χ0v) is 17.9. The van der Waals surface area contributed by atoms with E-state index in [1.807, 2.05) is 38.1 Å². The summed E-state index contributed by atoms with van der Waals surface area (Å²) in [4.78, 5) is 12.5. The van der Waals surface area contributed by atoms with E-state index in [1.54, 1.807) is 24.3 Å². The minimum atomic E-state index is -3.62. The maximum Gasteiger partial charge on any atom is 0.241 e. The summed E-state index contributed by atoms with van der Waals surface area (Å²) in [6.45, 7) is 4.04. The lowest BCUT2D eigenvalue weighted by Crippen LogP contribution is -2.41. The molecule has 0 radical (unpaired) electrons. The lowest BCUT2D eigenvalue weighted by Gasteiger charge is -2.24. The Labute approximate surface area is 168 Å². The SMILES string of the molecule is CCOc1ccc(C(C)NC(=O)CN(c2ccccc2Br)S(C)(=O)=O)cc1. The molecule has 1 amide bonds. The molecule has 1 atom stereocenters. The number of halogens is 1. The number of sulfonamides is 1. The lowest BCUT2D eigenvalue weighted by atomic mass is 10.1. The van der Waals surface area contributed by atoms with Crippen LogP contribution in [0.3, 0.4) is 0 Å². The number of carbonyl (C=O) groups excluding carboxylic acids is 1. The van der Waals surface area contributed by atoms with Gasteiger partial charge in [-0.3, -0.25) is 9.10 Å². The predicted molar refractivity (Wildman–Crippen MR) is 111 cm³/mol. The number of ether oxygens (including phenoxy) is 1. The fourth-order valence-electron chi connectivity index (χ4n) is 2.56. The van der Waals surface area contributed by atoms with Gasteiger partial charge in [0.05, 0.1) is 24.6 Å². The number of amides is 1. The molecule has 2 aromatic rings. The molecule has 6 nitrogen and oxygen atoms in total. The van der Waals surface area contributed by atoms with Crippen molar-refractivity contribution < 1.29 is 17.9 Å². The maximum atomic E-state index is 12.5. The van der Waals surface area contributed by atoms with E-state index in [2.05, 4.69) is 21.2 Å². The zero-order chi connectivity index (χ0) is 20.0. The first-order valence-electron chi connectivity index (χ1n) is 8.46. The average molecular weight is 455 g/mol. The largest absolute Gasteiger partial charge is 0.494 e. The molecular formula is C19H23BrN2O4S. The monoisotopic (exact) mass is 454 g/mol. The van der Waals surface area contributed by atoms with Crippen LogP contribution in [0.4, 0.5) is 5.69 Å². The molecule has 2 aromatic carbocycles. The summed E-state index contributed by atoms with van der Waals surface area (Å²) in [6.07, 6.45) is 1.08. The van der Waals surface area contributed by atoms with Crippen molar-refractivity contribution in [2.45, 2.75) is 19.9 Å². The number of nitrogens with one attached hydrogen (secondary N) is 1. The van der Waals surface area contributed by atoms with E-state index in [1.165, 1.54) is 0 Å². The van der Waals surface area contributed by atoms with Gasteiger partial charge in [0, 0.05) is 4.47 Å². The van der Waals surface area contributed by atoms with Gasteiger partial charge in [-0.1, -0.05) is 24.3 Å². The van der Waals surface area contributed by atoms with Crippen molar-refractivity contribution in [3.8, 4) is 5.75 Å². The molecule has 0 spiro atoms. The molecule has 0 aliphatic carbocycles. The van der Waals surface area contributed by atoms with Crippen LogP contribution < -0.4 is 14.4 Å². The molecule has 0 saturated carbocycles. The summed E-state index contributed by atoms with van der Waals surface area (Å²) in [5, 5.41) is 2.84. The van der Waals surface area contributed by atoms with Crippen molar-refractivity contribution in [1.82, 2.24) is 5.32 Å². The fraction of sp³-hybridized carbons (Fsp3) is 0.316. The van der Waals surface area contributed by atoms with E-state index in [-0.39, 0.29) is 12.6 Å². The molecule has 8 heteroatoms. The standard InChI is InChI=1S/C19H23BrN2O4S/c1-4-26-16-11-9-15(10-12-16)14(2)21-19(23)13-22(27(3,24)25)18-8-6-5-7-17(18)20/h5-12,14H,4,13H2,1-3H3,(H,21,23). The molecule has 1 N–H and O–H groups in total. The number of anilines is 1. The average Bonchev–Trinajstić information content (AvgIpc) is 2.60. The molecule has 0 bridgehead atoms. The Bertz CT molecular complexity index is 885. The normalized spacial score (nSPS) is 12.3. The Morgan fingerprint density at radius 1 is 1.19 bits per heavy atom. The number of rotatable bonds is 8. The second-order valence-electron chi connectivity index (χ2n) is 6.01. The summed E-state index contributed by atoms with van der Waals surface area (Å²) < 4.78 is 31.5. The van der Waals surface area contributed by atoms with Crippen LogP contribution in [0.5, 0.6) is 5.75 Å². The topological polar surface area (TPSA) is 75.7 Å². The number of para-hydroxylation sites is 1. The van der Waals surface area contributed by atoms with Crippen LogP contribution in [-0.2, 0) is 14.8 Å². The van der Waals surface area contributed by atoms with Crippen molar-refractivity contribution in [3.05, 3.63) is 58.6 Å². The van der Waals surface area contributed by atoms with Gasteiger partial charge in [-0.05, 0) is 59.6 Å². The highest BCUT2D eigenvalue weighted by Gasteiger charge is 2.23. The van der Waals surface area contributed by atoms with E-state index < -0.39 is 15.9 Å². The Balaban J connectivity index is 2.10. The van der Waals surface area contributed by atoms with Crippen molar-refractivity contribution >= 4 is 37.5 Å². The lowest BCUT2D eigenvalue weighted by molar-refractivity contribution is -0.120. The van der Waals surface area contributed by atoms with Crippen LogP contribution in [0.25, 0.3) is 0 Å². The first kappa shape index (κ1) is 21.2. The molecule has 0 aromatic heterocycles. The minimum Gasteiger partial charge on any atom is -0.494 e. The molecule has 2 rings (SSSR count). The van der Waals surface area contributed by atoms with Gasteiger partial charge in [0.2, 0.25) is 15.9 Å². The summed E-state index contributed by atoms with van der Waals surface area (Å²) in [5.41, 5.74) is 1.32. The van der Waals surface area contributed by atoms with Crippen LogP contribution in [-0.4, -0.2) is 33.7 Å². The Kier molecular flexibility index (Phi) is 7.26. The number of hydrogen-bond donors (Lipinski definition) is 1. The molecule has 27 heavy (non-hydrogen) atoms. The first-order valence-corrected chi connectivity index (χ1v) is 11.1. The Morgan fingerprint density at radius 3 is 2.37 bits per heavy atom. The van der Waals surface area contributed by atoms with Crippen molar-refractivity contribution in [2.24, 2.45) is 0 Å². The smallest absolute Gasteiger partial charge is 0.241 e. The number of benzene rings is 2. The summed E-state index contributed by atoms with van der Waals surface area (Å²) in [5.74, 6) is 0.370. The van der Waals surface area contributed by atoms with E-state index in [4.69, 9.17) is 4.74 Å². The van der Waals surface area contributed by atoms with Crippen LogP contribution in [0.2, 0.25) is 0 Å². The first-order chi connectivity index (χ1) is 12.7. The number of hydrogen-bond acceptors (Lipinski definition) is 4. The molecule has 1 unspecified atom stereocenters. The third-order valence-corrected chi connectivity index (χ3v) is 5.67. The van der Waals surface area contributed by atoms with Gasteiger partial charge in [-0.25, -0.2) is 8.42 Å². The fourth-order valence-corrected chi connectivity index (χ4v) is 4.04. The molecule has 146 valence electrons. The van der Waals surface area contributed by atoms with Crippen molar-refractivity contribution in [1.29, 1.82) is 0 Å². The van der Waals surface area contributed by atoms with Gasteiger partial charge < -0.3 is 10.1 Å². The summed E-state index contributed by atoms with van der Waals surface area (Å²) in [7, 11) is -3.62. The second-order valence-corrected chi connectivity index (χ2v) is 8.77. The maximum absolute atomic E-state index is 12.5. The number of nitrogens with zero attached hydrogens (tertiary/aromatic N) is 1. The van der Waals surface area contributed by atoms with Gasteiger partial charge in [0.15, 0.2) is 0 Å². The van der Waals surface area contributed by atoms with Crippen LogP contribution in [0.1, 0.15) is 25.5 Å². The third kappa shape index (κ3) is 5.97. The second kappa shape index (κ2) is 9.23. The van der Waals surface area contributed by atoms with Crippen molar-refractivity contribution in [3.63, 3.8) is 0 Å². The molecular weight excluding hydrogens is 432 g/mol. The van der Waals surface area contributed by atoms with Gasteiger partial charge >= 0.3 is 0 Å². The quantitative estimate of drug-likeness (QED) is 0.661. The van der Waals surface area contributed by atoms with Crippen LogP contribution in [0.15, 0.2) is 53.0 Å². The third-order valence-electron chi connectivity index (χ3n) is 3.88. The van der Waals surface area contributed by atoms with Gasteiger partial charge in [0.25, 0.3) is 0 Å². The minimum absolute atomic E-state index is 0.270. The highest BCUT2D eigenvalue weighted by molar-refractivity contribution is 9.10. The molecule has 0 heterocycles. The predicted octanol–water partition coefficient (Wildman–Crippen LogP) is 3.49. The van der Waals surface area contributed by atoms with E-state index in [9.17, 15) is 13.2 Å². The Hall–Kier alpha value is -2.06. The molecule has 0 aliphatic heterocycles. The summed E-state index contributed by atoms with van der Waals surface area (Å²) >= 11 is 3.34. The molecule has 0 saturated heterocycles. The van der Waals surface area contributed by atoms with Crippen molar-refractivity contribution in [2.75, 3.05) is 23.7 Å². The highest BCUT2D eigenvalue weighted by Crippen LogP contribution is 2.27. The van der Waals surface area contributed by atoms with E-state index in [0.717, 1.165) is 21.9 Å². The van der Waals surface area contributed by atoms with E-state index >= 15 is 0 Å². The number of carbonyl (C=O) groups is 1. The Morgan fingerprint density at radius 2 is 1.81 bits per heavy atom. The highest BCUT2D eigenvalue weighted by atomic mass is 79.9. The van der Waals surface area contributed by atoms with Crippen LogP contribution >= 0.6 is 15.9 Å². The zero-order valence-electron chi connectivity index (χ0n) is 15.5. The van der Waals surface area contributed by atoms with Gasteiger partial charge in [-0.15, -0.1) is 0 Å². The summed E-state index contributed by atoms with van der Waals surface area (Å²) in [6, 6.07) is 14.0. The van der Waals surface area contributed by atoms with Crippen LogP contribution in [0, 0.1) is 0 Å². The van der Waals surface area contributed by atoms with Gasteiger partial charge in [0.1, 0.15) is 12.3 Å². The molecule has 0 aliphatic rings. The van der Waals surface area contributed by atoms with E-state index in [0.29, 0.717) is 16.8 Å².